The Morgan fingerprint density at radius 3 is 2.30 bits per heavy atom. The van der Waals surface area contributed by atoms with Crippen molar-refractivity contribution >= 4 is 21.7 Å². The number of nitrogens with one attached hydrogen (secondary N) is 1. The standard InChI is InChI=1S/C19H27N3O4S/c1-15(23)17-4-3-5-18(14-17)27(25,26)22-8-6-16(7-9-22)19(24)21-12-10-20(2)11-13-21/h3-5,14,16H,6-13H2,1-2H3/p+1. The highest BCUT2D eigenvalue weighted by Crippen LogP contribution is 2.25. The van der Waals surface area contributed by atoms with Crippen molar-refractivity contribution in [2.24, 2.45) is 5.92 Å². The lowest BCUT2D eigenvalue weighted by Crippen LogP contribution is -3.12. The summed E-state index contributed by atoms with van der Waals surface area (Å²) in [6.45, 7) is 5.58. The number of hydrogen-bond acceptors (Lipinski definition) is 4. The molecule has 2 aliphatic rings. The number of piperazine rings is 1. The summed E-state index contributed by atoms with van der Waals surface area (Å²) in [5.41, 5.74) is 0.387. The predicted octanol–water partition coefficient (Wildman–Crippen LogP) is -0.353. The molecule has 0 spiro atoms. The van der Waals surface area contributed by atoms with E-state index in [4.69, 9.17) is 0 Å². The Hall–Kier alpha value is -1.77. The molecule has 1 amide bonds. The Balaban J connectivity index is 1.63. The quantitative estimate of drug-likeness (QED) is 0.708. The molecule has 1 aromatic rings. The Labute approximate surface area is 161 Å². The fourth-order valence-electron chi connectivity index (χ4n) is 3.73. The van der Waals surface area contributed by atoms with Gasteiger partial charge in [-0.1, -0.05) is 12.1 Å². The third kappa shape index (κ3) is 4.39. The van der Waals surface area contributed by atoms with Gasteiger partial charge >= 0.3 is 0 Å². The maximum Gasteiger partial charge on any atom is 0.243 e. The maximum absolute atomic E-state index is 12.9. The van der Waals surface area contributed by atoms with Gasteiger partial charge in [-0.2, -0.15) is 4.31 Å². The van der Waals surface area contributed by atoms with Crippen LogP contribution in [0.3, 0.4) is 0 Å². The van der Waals surface area contributed by atoms with E-state index in [1.54, 1.807) is 12.1 Å². The van der Waals surface area contributed by atoms with Gasteiger partial charge in [0.2, 0.25) is 15.9 Å². The summed E-state index contributed by atoms with van der Waals surface area (Å²) in [5.74, 6) is -0.0955. The van der Waals surface area contributed by atoms with Crippen LogP contribution in [0.4, 0.5) is 0 Å². The lowest BCUT2D eigenvalue weighted by atomic mass is 9.96. The summed E-state index contributed by atoms with van der Waals surface area (Å²) in [7, 11) is -1.52. The predicted molar refractivity (Wildman–Crippen MR) is 101 cm³/mol. The van der Waals surface area contributed by atoms with Crippen molar-refractivity contribution in [3.05, 3.63) is 29.8 Å². The smallest absolute Gasteiger partial charge is 0.243 e. The molecule has 0 saturated carbocycles. The van der Waals surface area contributed by atoms with Crippen molar-refractivity contribution in [2.45, 2.75) is 24.7 Å². The number of carbonyl (C=O) groups is 2. The van der Waals surface area contributed by atoms with E-state index in [-0.39, 0.29) is 22.5 Å². The number of quaternary nitrogens is 1. The van der Waals surface area contributed by atoms with E-state index in [1.165, 1.54) is 28.3 Å². The molecule has 7 nitrogen and oxygen atoms in total. The fourth-order valence-corrected chi connectivity index (χ4v) is 5.25. The zero-order valence-electron chi connectivity index (χ0n) is 16.0. The second-order valence-corrected chi connectivity index (χ2v) is 9.48. The number of sulfonamides is 1. The Morgan fingerprint density at radius 1 is 1.07 bits per heavy atom. The molecule has 3 rings (SSSR count). The van der Waals surface area contributed by atoms with E-state index in [2.05, 4.69) is 7.05 Å². The Morgan fingerprint density at radius 2 is 1.70 bits per heavy atom. The lowest BCUT2D eigenvalue weighted by molar-refractivity contribution is -0.883. The normalized spacial score (nSPS) is 20.6. The number of rotatable bonds is 4. The topological polar surface area (TPSA) is 79.2 Å². The van der Waals surface area contributed by atoms with Crippen LogP contribution >= 0.6 is 0 Å². The zero-order chi connectivity index (χ0) is 19.6. The number of carbonyl (C=O) groups excluding carboxylic acids is 2. The second-order valence-electron chi connectivity index (χ2n) is 7.54. The van der Waals surface area contributed by atoms with Crippen LogP contribution in [0, 0.1) is 5.92 Å². The lowest BCUT2D eigenvalue weighted by Gasteiger charge is -2.36. The molecule has 148 valence electrons. The molecule has 2 heterocycles. The summed E-state index contributed by atoms with van der Waals surface area (Å²) in [5, 5.41) is 0. The molecular formula is C19H28N3O4S+. The highest BCUT2D eigenvalue weighted by molar-refractivity contribution is 7.89. The van der Waals surface area contributed by atoms with Gasteiger partial charge in [0.25, 0.3) is 0 Å². The number of amides is 1. The Bertz CT molecular complexity index is 808. The van der Waals surface area contributed by atoms with Crippen molar-refractivity contribution in [1.29, 1.82) is 0 Å². The van der Waals surface area contributed by atoms with E-state index in [1.807, 2.05) is 4.90 Å². The third-order valence-corrected chi connectivity index (χ3v) is 7.50. The molecule has 0 unspecified atom stereocenters. The first-order chi connectivity index (χ1) is 12.8. The van der Waals surface area contributed by atoms with Crippen LogP contribution in [0.5, 0.6) is 0 Å². The molecule has 0 atom stereocenters. The van der Waals surface area contributed by atoms with Crippen molar-refractivity contribution in [3.8, 4) is 0 Å². The van der Waals surface area contributed by atoms with E-state index < -0.39 is 10.0 Å². The Kier molecular flexibility index (Phi) is 5.98. The summed E-state index contributed by atoms with van der Waals surface area (Å²) < 4.78 is 27.2. The molecule has 0 bridgehead atoms. The monoisotopic (exact) mass is 394 g/mol. The summed E-state index contributed by atoms with van der Waals surface area (Å²) >= 11 is 0. The fraction of sp³-hybridized carbons (Fsp3) is 0.579. The number of hydrogen-bond donors (Lipinski definition) is 1. The van der Waals surface area contributed by atoms with Gasteiger partial charge in [-0.15, -0.1) is 0 Å². The van der Waals surface area contributed by atoms with E-state index >= 15 is 0 Å². The molecule has 1 N–H and O–H groups in total. The molecule has 0 aliphatic carbocycles. The van der Waals surface area contributed by atoms with Crippen molar-refractivity contribution in [1.82, 2.24) is 9.21 Å². The average molecular weight is 395 g/mol. The summed E-state index contributed by atoms with van der Waals surface area (Å²) in [6, 6.07) is 6.16. The molecule has 8 heteroatoms. The highest BCUT2D eigenvalue weighted by atomic mass is 32.2. The first-order valence-electron chi connectivity index (χ1n) is 9.50. The highest BCUT2D eigenvalue weighted by Gasteiger charge is 2.35. The minimum Gasteiger partial charge on any atom is -0.334 e. The van der Waals surface area contributed by atoms with Gasteiger partial charge < -0.3 is 9.80 Å². The molecule has 27 heavy (non-hydrogen) atoms. The van der Waals surface area contributed by atoms with E-state index in [0.717, 1.165) is 26.2 Å². The van der Waals surface area contributed by atoms with Crippen molar-refractivity contribution in [3.63, 3.8) is 0 Å². The zero-order valence-corrected chi connectivity index (χ0v) is 16.8. The molecule has 0 aromatic heterocycles. The van der Waals surface area contributed by atoms with Crippen molar-refractivity contribution in [2.75, 3.05) is 46.3 Å². The van der Waals surface area contributed by atoms with Crippen LogP contribution in [-0.4, -0.2) is 75.6 Å². The summed E-state index contributed by atoms with van der Waals surface area (Å²) in [6.07, 6.45) is 1.09. The van der Waals surface area contributed by atoms with Gasteiger partial charge in [0.1, 0.15) is 0 Å². The second kappa shape index (κ2) is 8.08. The molecule has 2 saturated heterocycles. The minimum absolute atomic E-state index is 0.0987. The van der Waals surface area contributed by atoms with Gasteiger partial charge in [-0.3, -0.25) is 9.59 Å². The molecule has 2 aliphatic heterocycles. The van der Waals surface area contributed by atoms with Crippen LogP contribution in [-0.2, 0) is 14.8 Å². The number of piperidine rings is 1. The summed E-state index contributed by atoms with van der Waals surface area (Å²) in [4.78, 5) is 27.8. The number of likely N-dealkylation sites (N-methyl/N-ethyl adjacent to an activating group) is 1. The first-order valence-corrected chi connectivity index (χ1v) is 10.9. The molecule has 0 radical (unpaired) electrons. The molecular weight excluding hydrogens is 366 g/mol. The first kappa shape index (κ1) is 20.0. The van der Waals surface area contributed by atoms with Gasteiger partial charge in [0, 0.05) is 24.6 Å². The third-order valence-electron chi connectivity index (χ3n) is 5.61. The number of benzene rings is 1. The van der Waals surface area contributed by atoms with Crippen LogP contribution in [0.25, 0.3) is 0 Å². The van der Waals surface area contributed by atoms with E-state index in [0.29, 0.717) is 31.5 Å². The van der Waals surface area contributed by atoms with Crippen LogP contribution < -0.4 is 4.90 Å². The molecule has 1 aromatic carbocycles. The van der Waals surface area contributed by atoms with Gasteiger partial charge in [0.15, 0.2) is 5.78 Å². The largest absolute Gasteiger partial charge is 0.334 e. The van der Waals surface area contributed by atoms with Gasteiger partial charge in [-0.25, -0.2) is 8.42 Å². The number of nitrogens with zero attached hydrogens (tertiary/aromatic N) is 2. The minimum atomic E-state index is -3.65. The van der Waals surface area contributed by atoms with Crippen LogP contribution in [0.15, 0.2) is 29.2 Å². The van der Waals surface area contributed by atoms with Crippen LogP contribution in [0.2, 0.25) is 0 Å². The number of Topliss-reactive ketones (excluding diaryl/α,β-unsaturated/α-hetero) is 1. The molecule has 2 fully saturated rings. The van der Waals surface area contributed by atoms with Gasteiger partial charge in [-0.05, 0) is 31.9 Å². The number of ketones is 1. The maximum atomic E-state index is 12.9. The van der Waals surface area contributed by atoms with E-state index in [9.17, 15) is 18.0 Å². The van der Waals surface area contributed by atoms with Crippen LogP contribution in [0.1, 0.15) is 30.1 Å². The van der Waals surface area contributed by atoms with Crippen molar-refractivity contribution < 1.29 is 22.9 Å². The average Bonchev–Trinajstić information content (AvgIpc) is 2.68. The van der Waals surface area contributed by atoms with Gasteiger partial charge in [0.05, 0.1) is 38.1 Å². The SMILES string of the molecule is CC(=O)c1cccc(S(=O)(=O)N2CCC(C(=O)N3CC[NH+](C)CC3)CC2)c1.